The second-order valence-corrected chi connectivity index (χ2v) is 4.91. The molecule has 0 radical (unpaired) electrons. The Morgan fingerprint density at radius 2 is 2.12 bits per heavy atom. The Morgan fingerprint density at radius 3 is 2.62 bits per heavy atom. The number of hydrogen-bond donors (Lipinski definition) is 2. The van der Waals surface area contributed by atoms with E-state index in [2.05, 4.69) is 19.2 Å². The van der Waals surface area contributed by atoms with Crippen molar-refractivity contribution in [1.82, 2.24) is 0 Å². The highest BCUT2D eigenvalue weighted by Crippen LogP contribution is 2.49. The molecule has 1 aromatic carbocycles. The van der Waals surface area contributed by atoms with Crippen molar-refractivity contribution in [2.75, 3.05) is 12.4 Å². The van der Waals surface area contributed by atoms with Gasteiger partial charge in [-0.15, -0.1) is 0 Å². The molecule has 1 fully saturated rings. The van der Waals surface area contributed by atoms with Gasteiger partial charge in [-0.2, -0.15) is 0 Å². The molecule has 2 N–H and O–H groups in total. The highest BCUT2D eigenvalue weighted by atomic mass is 16.5. The van der Waals surface area contributed by atoms with Crippen LogP contribution in [0.3, 0.4) is 0 Å². The zero-order valence-electron chi connectivity index (χ0n) is 10.1. The van der Waals surface area contributed by atoms with Crippen LogP contribution < -0.4 is 10.1 Å². The van der Waals surface area contributed by atoms with E-state index < -0.39 is 0 Å². The lowest BCUT2D eigenvalue weighted by Crippen LogP contribution is -2.24. The molecule has 16 heavy (non-hydrogen) atoms. The average molecular weight is 221 g/mol. The van der Waals surface area contributed by atoms with Crippen LogP contribution in [0.2, 0.25) is 0 Å². The smallest absolute Gasteiger partial charge is 0.160 e. The molecule has 2 rings (SSSR count). The first-order valence-electron chi connectivity index (χ1n) is 5.69. The summed E-state index contributed by atoms with van der Waals surface area (Å²) >= 11 is 0. The standard InChI is InChI=1S/C13H19NO2/c1-9(13(2)6-7-13)14-10-4-5-12(16-3)11(15)8-10/h4-5,8-9,14-15H,6-7H2,1-3H3. The van der Waals surface area contributed by atoms with Crippen LogP contribution in [0.15, 0.2) is 18.2 Å². The first kappa shape index (κ1) is 11.1. The summed E-state index contributed by atoms with van der Waals surface area (Å²) < 4.78 is 5.01. The summed E-state index contributed by atoms with van der Waals surface area (Å²) in [5, 5.41) is 13.1. The predicted octanol–water partition coefficient (Wildman–Crippen LogP) is 3.00. The number of methoxy groups -OCH3 is 1. The fraction of sp³-hybridized carbons (Fsp3) is 0.538. The van der Waals surface area contributed by atoms with Crippen LogP contribution in [0, 0.1) is 5.41 Å². The molecule has 0 heterocycles. The van der Waals surface area contributed by atoms with Crippen molar-refractivity contribution in [3.05, 3.63) is 18.2 Å². The minimum atomic E-state index is 0.181. The van der Waals surface area contributed by atoms with Gasteiger partial charge in [-0.3, -0.25) is 0 Å². The zero-order valence-corrected chi connectivity index (χ0v) is 10.1. The molecular formula is C13H19NO2. The highest BCUT2D eigenvalue weighted by molar-refractivity contribution is 5.54. The van der Waals surface area contributed by atoms with Gasteiger partial charge in [0.2, 0.25) is 0 Å². The number of phenols is 1. The summed E-state index contributed by atoms with van der Waals surface area (Å²) in [7, 11) is 1.55. The second kappa shape index (κ2) is 3.89. The monoisotopic (exact) mass is 221 g/mol. The van der Waals surface area contributed by atoms with E-state index in [0.29, 0.717) is 17.2 Å². The molecule has 0 spiro atoms. The van der Waals surface area contributed by atoms with Crippen molar-refractivity contribution in [2.24, 2.45) is 5.41 Å². The van der Waals surface area contributed by atoms with Crippen molar-refractivity contribution in [3.8, 4) is 11.5 Å². The summed E-state index contributed by atoms with van der Waals surface area (Å²) in [6.45, 7) is 4.47. The Kier molecular flexibility index (Phi) is 2.70. The molecule has 1 unspecified atom stereocenters. The summed E-state index contributed by atoms with van der Waals surface area (Å²) in [6.07, 6.45) is 2.56. The Balaban J connectivity index is 2.07. The van der Waals surface area contributed by atoms with Gasteiger partial charge >= 0.3 is 0 Å². The number of nitrogens with one attached hydrogen (secondary N) is 1. The minimum absolute atomic E-state index is 0.181. The Morgan fingerprint density at radius 1 is 1.44 bits per heavy atom. The maximum atomic E-state index is 9.66. The van der Waals surface area contributed by atoms with E-state index in [4.69, 9.17) is 4.74 Å². The van der Waals surface area contributed by atoms with Gasteiger partial charge in [0.1, 0.15) is 0 Å². The molecule has 0 bridgehead atoms. The van der Waals surface area contributed by atoms with Gasteiger partial charge in [-0.05, 0) is 37.3 Å². The summed E-state index contributed by atoms with van der Waals surface area (Å²) in [5.41, 5.74) is 1.37. The molecule has 1 atom stereocenters. The summed E-state index contributed by atoms with van der Waals surface area (Å²) in [6, 6.07) is 5.85. The minimum Gasteiger partial charge on any atom is -0.504 e. The highest BCUT2D eigenvalue weighted by Gasteiger charge is 2.42. The molecule has 3 nitrogen and oxygen atoms in total. The van der Waals surface area contributed by atoms with Gasteiger partial charge < -0.3 is 15.2 Å². The molecular weight excluding hydrogens is 202 g/mol. The van der Waals surface area contributed by atoms with Crippen LogP contribution in [0.25, 0.3) is 0 Å². The molecule has 1 aromatic rings. The van der Waals surface area contributed by atoms with E-state index in [9.17, 15) is 5.11 Å². The van der Waals surface area contributed by atoms with Crippen molar-refractivity contribution >= 4 is 5.69 Å². The predicted molar refractivity (Wildman–Crippen MR) is 65.1 cm³/mol. The molecule has 3 heteroatoms. The van der Waals surface area contributed by atoms with Gasteiger partial charge in [0.25, 0.3) is 0 Å². The Bertz CT molecular complexity index is 386. The van der Waals surface area contributed by atoms with E-state index in [0.717, 1.165) is 5.69 Å². The third kappa shape index (κ3) is 2.08. The van der Waals surface area contributed by atoms with Crippen LogP contribution in [-0.4, -0.2) is 18.3 Å². The number of anilines is 1. The lowest BCUT2D eigenvalue weighted by atomic mass is 10.0. The van der Waals surface area contributed by atoms with E-state index in [1.807, 2.05) is 6.07 Å². The zero-order chi connectivity index (χ0) is 11.8. The molecule has 0 amide bonds. The molecule has 1 saturated carbocycles. The maximum Gasteiger partial charge on any atom is 0.160 e. The van der Waals surface area contributed by atoms with Gasteiger partial charge in [-0.1, -0.05) is 6.92 Å². The van der Waals surface area contributed by atoms with E-state index in [1.54, 1.807) is 19.2 Å². The number of phenolic OH excluding ortho intramolecular Hbond substituents is 1. The lowest BCUT2D eigenvalue weighted by molar-refractivity contribution is 0.373. The Hall–Kier alpha value is -1.38. The van der Waals surface area contributed by atoms with Gasteiger partial charge in [0.15, 0.2) is 11.5 Å². The topological polar surface area (TPSA) is 41.5 Å². The largest absolute Gasteiger partial charge is 0.504 e. The number of benzene rings is 1. The van der Waals surface area contributed by atoms with Crippen LogP contribution in [-0.2, 0) is 0 Å². The fourth-order valence-corrected chi connectivity index (χ4v) is 1.83. The first-order valence-corrected chi connectivity index (χ1v) is 5.69. The second-order valence-electron chi connectivity index (χ2n) is 4.91. The SMILES string of the molecule is COc1ccc(NC(C)C2(C)CC2)cc1O. The van der Waals surface area contributed by atoms with Crippen molar-refractivity contribution in [2.45, 2.75) is 32.7 Å². The fourth-order valence-electron chi connectivity index (χ4n) is 1.83. The molecule has 88 valence electrons. The molecule has 1 aliphatic rings. The maximum absolute atomic E-state index is 9.66. The number of hydrogen-bond acceptors (Lipinski definition) is 3. The summed E-state index contributed by atoms with van der Waals surface area (Å²) in [4.78, 5) is 0. The van der Waals surface area contributed by atoms with Crippen molar-refractivity contribution < 1.29 is 9.84 Å². The van der Waals surface area contributed by atoms with Crippen LogP contribution in [0.4, 0.5) is 5.69 Å². The van der Waals surface area contributed by atoms with E-state index in [1.165, 1.54) is 12.8 Å². The van der Waals surface area contributed by atoms with Crippen LogP contribution in [0.5, 0.6) is 11.5 Å². The quantitative estimate of drug-likeness (QED) is 0.821. The number of ether oxygens (including phenoxy) is 1. The van der Waals surface area contributed by atoms with Gasteiger partial charge in [0.05, 0.1) is 7.11 Å². The van der Waals surface area contributed by atoms with Crippen molar-refractivity contribution in [1.29, 1.82) is 0 Å². The first-order chi connectivity index (χ1) is 7.55. The summed E-state index contributed by atoms with van der Waals surface area (Å²) in [5.74, 6) is 0.691. The molecule has 0 saturated heterocycles. The molecule has 0 aliphatic heterocycles. The molecule has 1 aliphatic carbocycles. The van der Waals surface area contributed by atoms with Gasteiger partial charge in [-0.25, -0.2) is 0 Å². The van der Waals surface area contributed by atoms with E-state index >= 15 is 0 Å². The third-order valence-electron chi connectivity index (χ3n) is 3.65. The average Bonchev–Trinajstić information content (AvgIpc) is 2.98. The van der Waals surface area contributed by atoms with Crippen LogP contribution in [0.1, 0.15) is 26.7 Å². The molecule has 0 aromatic heterocycles. The Labute approximate surface area is 96.4 Å². The number of rotatable bonds is 4. The third-order valence-corrected chi connectivity index (χ3v) is 3.65. The van der Waals surface area contributed by atoms with Crippen molar-refractivity contribution in [3.63, 3.8) is 0 Å². The van der Waals surface area contributed by atoms with Gasteiger partial charge in [0, 0.05) is 17.8 Å². The lowest BCUT2D eigenvalue weighted by Gasteiger charge is -2.21. The normalized spacial score (nSPS) is 18.9. The number of aromatic hydroxyl groups is 1. The van der Waals surface area contributed by atoms with Crippen LogP contribution >= 0.6 is 0 Å². The van der Waals surface area contributed by atoms with E-state index in [-0.39, 0.29) is 5.75 Å².